The van der Waals surface area contributed by atoms with Gasteiger partial charge in [0.15, 0.2) is 5.13 Å². The number of hydrogen-bond acceptors (Lipinski definition) is 7. The second-order valence-electron chi connectivity index (χ2n) is 2.96. The molecule has 0 radical (unpaired) electrons. The SMILES string of the molecule is CCOC(=O)NS(=O)(=O)Nc1ncc(C#CCN)s1. The molecule has 0 saturated heterocycles. The van der Waals surface area contributed by atoms with E-state index in [0.29, 0.717) is 4.88 Å². The molecule has 0 saturated carbocycles. The number of amides is 1. The summed E-state index contributed by atoms with van der Waals surface area (Å²) >= 11 is 1.02. The van der Waals surface area contributed by atoms with Crippen LogP contribution >= 0.6 is 11.3 Å². The number of nitrogens with zero attached hydrogens (tertiary/aromatic N) is 1. The maximum absolute atomic E-state index is 11.5. The fourth-order valence-electron chi connectivity index (χ4n) is 0.928. The maximum Gasteiger partial charge on any atom is 0.422 e. The second kappa shape index (κ2) is 6.93. The molecule has 19 heavy (non-hydrogen) atoms. The summed E-state index contributed by atoms with van der Waals surface area (Å²) in [5, 5.41) is 0.0816. The summed E-state index contributed by atoms with van der Waals surface area (Å²) in [6.45, 7) is 1.82. The minimum atomic E-state index is -4.06. The first-order valence-corrected chi connectivity index (χ1v) is 7.39. The van der Waals surface area contributed by atoms with Crippen molar-refractivity contribution in [2.24, 2.45) is 5.73 Å². The molecule has 1 amide bonds. The Morgan fingerprint density at radius 1 is 1.63 bits per heavy atom. The highest BCUT2D eigenvalue weighted by molar-refractivity contribution is 7.91. The van der Waals surface area contributed by atoms with Gasteiger partial charge in [-0.25, -0.2) is 19.2 Å². The molecule has 8 nitrogen and oxygen atoms in total. The predicted octanol–water partition coefficient (Wildman–Crippen LogP) is -0.144. The number of nitrogens with two attached hydrogens (primary N) is 1. The van der Waals surface area contributed by atoms with Crippen molar-refractivity contribution in [1.82, 2.24) is 9.71 Å². The van der Waals surface area contributed by atoms with Crippen LogP contribution in [0.1, 0.15) is 11.8 Å². The van der Waals surface area contributed by atoms with E-state index in [1.54, 1.807) is 11.6 Å². The van der Waals surface area contributed by atoms with Gasteiger partial charge < -0.3 is 10.5 Å². The average Bonchev–Trinajstić information content (AvgIpc) is 2.72. The lowest BCUT2D eigenvalue weighted by Crippen LogP contribution is -2.35. The number of thiazole rings is 1. The first kappa shape index (κ1) is 15.2. The molecule has 0 bridgehead atoms. The minimum Gasteiger partial charge on any atom is -0.449 e. The van der Waals surface area contributed by atoms with E-state index in [9.17, 15) is 13.2 Å². The Balaban J connectivity index is 2.68. The fourth-order valence-corrected chi connectivity index (χ4v) is 2.58. The second-order valence-corrected chi connectivity index (χ2v) is 5.41. The molecular weight excluding hydrogens is 292 g/mol. The Bertz CT molecular complexity index is 599. The molecule has 0 fully saturated rings. The van der Waals surface area contributed by atoms with Crippen molar-refractivity contribution >= 4 is 32.8 Å². The number of aromatic nitrogens is 1. The third-order valence-electron chi connectivity index (χ3n) is 1.53. The van der Waals surface area contributed by atoms with Crippen LogP contribution < -0.4 is 15.2 Å². The van der Waals surface area contributed by atoms with Crippen LogP contribution in [0.4, 0.5) is 9.93 Å². The predicted molar refractivity (Wildman–Crippen MR) is 70.7 cm³/mol. The van der Waals surface area contributed by atoms with Crippen molar-refractivity contribution in [3.8, 4) is 11.8 Å². The number of hydrogen-bond donors (Lipinski definition) is 3. The summed E-state index contributed by atoms with van der Waals surface area (Å²) in [7, 11) is -4.06. The van der Waals surface area contributed by atoms with Crippen LogP contribution in [0.5, 0.6) is 0 Å². The highest BCUT2D eigenvalue weighted by Gasteiger charge is 2.16. The van der Waals surface area contributed by atoms with Crippen molar-refractivity contribution in [3.05, 3.63) is 11.1 Å². The minimum absolute atomic E-state index is 0.0669. The van der Waals surface area contributed by atoms with E-state index in [-0.39, 0.29) is 18.3 Å². The van der Waals surface area contributed by atoms with Gasteiger partial charge in [0.25, 0.3) is 0 Å². The Hall–Kier alpha value is -1.83. The number of carbonyl (C=O) groups is 1. The smallest absolute Gasteiger partial charge is 0.422 e. The molecule has 0 atom stereocenters. The van der Waals surface area contributed by atoms with E-state index in [4.69, 9.17) is 5.73 Å². The van der Waals surface area contributed by atoms with Gasteiger partial charge >= 0.3 is 16.3 Å². The van der Waals surface area contributed by atoms with E-state index < -0.39 is 16.3 Å². The van der Waals surface area contributed by atoms with Crippen molar-refractivity contribution in [3.63, 3.8) is 0 Å². The van der Waals surface area contributed by atoms with Gasteiger partial charge in [-0.05, 0) is 6.92 Å². The normalized spacial score (nSPS) is 10.2. The number of nitrogens with one attached hydrogen (secondary N) is 2. The number of ether oxygens (including phenoxy) is 1. The zero-order valence-electron chi connectivity index (χ0n) is 9.97. The summed E-state index contributed by atoms with van der Waals surface area (Å²) in [6, 6.07) is 0. The molecule has 4 N–H and O–H groups in total. The van der Waals surface area contributed by atoms with E-state index in [2.05, 4.69) is 26.3 Å². The first-order valence-electron chi connectivity index (χ1n) is 5.09. The monoisotopic (exact) mass is 304 g/mol. The third kappa shape index (κ3) is 5.56. The summed E-state index contributed by atoms with van der Waals surface area (Å²) < 4.78 is 31.2. The summed E-state index contributed by atoms with van der Waals surface area (Å²) in [5.41, 5.74) is 5.21. The van der Waals surface area contributed by atoms with E-state index in [1.165, 1.54) is 6.20 Å². The highest BCUT2D eigenvalue weighted by Crippen LogP contribution is 2.17. The van der Waals surface area contributed by atoms with Crippen LogP contribution in [0.3, 0.4) is 0 Å². The van der Waals surface area contributed by atoms with Crippen molar-refractivity contribution in [1.29, 1.82) is 0 Å². The van der Waals surface area contributed by atoms with Crippen LogP contribution in [0.25, 0.3) is 0 Å². The fraction of sp³-hybridized carbons (Fsp3) is 0.333. The van der Waals surface area contributed by atoms with Crippen LogP contribution in [0.15, 0.2) is 6.20 Å². The Labute approximate surface area is 114 Å². The van der Waals surface area contributed by atoms with E-state index >= 15 is 0 Å². The van der Waals surface area contributed by atoms with Gasteiger partial charge in [-0.1, -0.05) is 23.2 Å². The zero-order chi connectivity index (χ0) is 14.3. The average molecular weight is 304 g/mol. The maximum atomic E-state index is 11.5. The first-order chi connectivity index (χ1) is 8.96. The molecule has 104 valence electrons. The van der Waals surface area contributed by atoms with Crippen molar-refractivity contribution < 1.29 is 17.9 Å². The standard InChI is InChI=1S/C9H12N4O4S2/c1-2-17-9(14)13-19(15,16)12-8-11-6-7(18-8)4-3-5-10/h6H,2,5,10H2,1H3,(H,11,12)(H,13,14). The van der Waals surface area contributed by atoms with Crippen LogP contribution in [0, 0.1) is 11.8 Å². The molecule has 0 unspecified atom stereocenters. The van der Waals surface area contributed by atoms with Crippen LogP contribution in [0.2, 0.25) is 0 Å². The molecule has 10 heteroatoms. The summed E-state index contributed by atoms with van der Waals surface area (Å²) in [5.74, 6) is 5.32. The Kier molecular flexibility index (Phi) is 5.56. The summed E-state index contributed by atoms with van der Waals surface area (Å²) in [6.07, 6.45) is 0.338. The largest absolute Gasteiger partial charge is 0.449 e. The molecular formula is C9H12N4O4S2. The lowest BCUT2D eigenvalue weighted by molar-refractivity contribution is 0.159. The number of rotatable bonds is 4. The van der Waals surface area contributed by atoms with Gasteiger partial charge in [0.2, 0.25) is 0 Å². The third-order valence-corrected chi connectivity index (χ3v) is 3.39. The van der Waals surface area contributed by atoms with E-state index in [1.807, 2.05) is 0 Å². The van der Waals surface area contributed by atoms with Crippen LogP contribution in [-0.2, 0) is 14.9 Å². The van der Waals surface area contributed by atoms with Gasteiger partial charge in [0.1, 0.15) is 0 Å². The molecule has 1 rings (SSSR count). The lowest BCUT2D eigenvalue weighted by atomic mass is 10.5. The Morgan fingerprint density at radius 3 is 3.00 bits per heavy atom. The molecule has 0 aliphatic rings. The molecule has 1 aromatic rings. The van der Waals surface area contributed by atoms with Crippen molar-refractivity contribution in [2.45, 2.75) is 6.92 Å². The van der Waals surface area contributed by atoms with Crippen molar-refractivity contribution in [2.75, 3.05) is 17.9 Å². The number of carbonyl (C=O) groups excluding carboxylic acids is 1. The van der Waals surface area contributed by atoms with E-state index in [0.717, 1.165) is 11.3 Å². The molecule has 0 spiro atoms. The van der Waals surface area contributed by atoms with Gasteiger partial charge in [-0.3, -0.25) is 0 Å². The summed E-state index contributed by atoms with van der Waals surface area (Å²) in [4.78, 5) is 15.3. The van der Waals surface area contributed by atoms with Gasteiger partial charge in [-0.2, -0.15) is 8.42 Å². The molecule has 1 heterocycles. The zero-order valence-corrected chi connectivity index (χ0v) is 11.6. The lowest BCUT2D eigenvalue weighted by Gasteiger charge is -2.06. The molecule has 0 aromatic carbocycles. The van der Waals surface area contributed by atoms with Gasteiger partial charge in [0, 0.05) is 0 Å². The highest BCUT2D eigenvalue weighted by atomic mass is 32.2. The topological polar surface area (TPSA) is 123 Å². The Morgan fingerprint density at radius 2 is 2.37 bits per heavy atom. The number of anilines is 1. The van der Waals surface area contributed by atoms with Gasteiger partial charge in [0.05, 0.1) is 24.2 Å². The molecule has 0 aliphatic heterocycles. The van der Waals surface area contributed by atoms with Gasteiger partial charge in [-0.15, -0.1) is 0 Å². The molecule has 0 aliphatic carbocycles. The quantitative estimate of drug-likeness (QED) is 0.665. The van der Waals surface area contributed by atoms with Crippen LogP contribution in [-0.4, -0.2) is 32.6 Å². The molecule has 1 aromatic heterocycles.